The normalized spacial score (nSPS) is 12.2. The second-order valence-electron chi connectivity index (χ2n) is 3.90. The van der Waals surface area contributed by atoms with Crippen molar-refractivity contribution in [3.63, 3.8) is 0 Å². The van der Waals surface area contributed by atoms with Crippen LogP contribution >= 0.6 is 0 Å². The predicted molar refractivity (Wildman–Crippen MR) is 61.8 cm³/mol. The highest BCUT2D eigenvalue weighted by Crippen LogP contribution is 2.25. The van der Waals surface area contributed by atoms with Crippen LogP contribution in [-0.4, -0.2) is 12.3 Å². The van der Waals surface area contributed by atoms with Crippen molar-refractivity contribution >= 4 is 12.3 Å². The zero-order valence-corrected chi connectivity index (χ0v) is 9.36. The topological polar surface area (TPSA) is 76.2 Å². The fraction of sp³-hybridized carbons (Fsp3) is 0.333. The first-order valence-corrected chi connectivity index (χ1v) is 5.03. The number of nitrogens with one attached hydrogen (secondary N) is 1. The van der Waals surface area contributed by atoms with E-state index in [0.717, 1.165) is 5.56 Å². The van der Waals surface area contributed by atoms with Crippen LogP contribution in [0, 0.1) is 11.3 Å². The summed E-state index contributed by atoms with van der Waals surface area (Å²) in [6.07, 6.45) is -0.307. The molecule has 0 amide bonds. The van der Waals surface area contributed by atoms with Gasteiger partial charge in [-0.3, -0.25) is 5.41 Å². The summed E-state index contributed by atoms with van der Waals surface area (Å²) in [6, 6.07) is 7.08. The quantitative estimate of drug-likeness (QED) is 0.585. The second kappa shape index (κ2) is 5.30. The van der Waals surface area contributed by atoms with E-state index in [4.69, 9.17) is 15.9 Å². The summed E-state index contributed by atoms with van der Waals surface area (Å²) >= 11 is 0. The third kappa shape index (κ3) is 2.82. The lowest BCUT2D eigenvalue weighted by Crippen LogP contribution is -2.13. The van der Waals surface area contributed by atoms with Gasteiger partial charge >= 0.3 is 6.47 Å². The number of rotatable bonds is 5. The molecule has 0 aliphatic rings. The zero-order chi connectivity index (χ0) is 12.1. The Morgan fingerprint density at radius 1 is 1.38 bits per heavy atom. The van der Waals surface area contributed by atoms with Gasteiger partial charge in [-0.1, -0.05) is 38.1 Å². The first-order valence-electron chi connectivity index (χ1n) is 5.03. The van der Waals surface area contributed by atoms with Gasteiger partial charge in [-0.25, -0.2) is 4.79 Å². The predicted octanol–water partition coefficient (Wildman–Crippen LogP) is 1.75. The van der Waals surface area contributed by atoms with Gasteiger partial charge in [0.2, 0.25) is 0 Å². The van der Waals surface area contributed by atoms with Crippen molar-refractivity contribution in [3.8, 4) is 0 Å². The molecule has 1 radical (unpaired) electrons. The number of amidine groups is 1. The van der Waals surface area contributed by atoms with Crippen LogP contribution in [0.25, 0.3) is 0 Å². The van der Waals surface area contributed by atoms with Crippen molar-refractivity contribution in [1.29, 1.82) is 5.41 Å². The van der Waals surface area contributed by atoms with Gasteiger partial charge in [0, 0.05) is 5.56 Å². The summed E-state index contributed by atoms with van der Waals surface area (Å²) in [6.45, 7) is 5.39. The van der Waals surface area contributed by atoms with E-state index in [1.54, 1.807) is 24.3 Å². The van der Waals surface area contributed by atoms with Crippen LogP contribution in [0.5, 0.6) is 0 Å². The van der Waals surface area contributed by atoms with E-state index in [9.17, 15) is 4.79 Å². The third-order valence-corrected chi connectivity index (χ3v) is 2.33. The number of ether oxygens (including phenoxy) is 1. The molecule has 0 aliphatic heterocycles. The SMILES string of the molecule is CC(C)C(O[C]=O)c1ccc(C(=N)N)cc1. The molecule has 85 valence electrons. The Bertz CT molecular complexity index is 371. The van der Waals surface area contributed by atoms with Crippen LogP contribution in [-0.2, 0) is 9.53 Å². The summed E-state index contributed by atoms with van der Waals surface area (Å²) in [5, 5.41) is 7.26. The minimum Gasteiger partial charge on any atom is -0.449 e. The maximum Gasteiger partial charge on any atom is 0.418 e. The van der Waals surface area contributed by atoms with Gasteiger partial charge in [0.25, 0.3) is 0 Å². The van der Waals surface area contributed by atoms with Gasteiger partial charge in [0.15, 0.2) is 0 Å². The summed E-state index contributed by atoms with van der Waals surface area (Å²) < 4.78 is 4.90. The van der Waals surface area contributed by atoms with Crippen LogP contribution in [0.3, 0.4) is 0 Å². The molecule has 4 heteroatoms. The van der Waals surface area contributed by atoms with Crippen LogP contribution < -0.4 is 5.73 Å². The Hall–Kier alpha value is -1.84. The Morgan fingerprint density at radius 3 is 2.31 bits per heavy atom. The highest BCUT2D eigenvalue weighted by Gasteiger charge is 2.17. The van der Waals surface area contributed by atoms with Crippen molar-refractivity contribution in [1.82, 2.24) is 0 Å². The summed E-state index contributed by atoms with van der Waals surface area (Å²) in [4.78, 5) is 10.3. The minimum absolute atomic E-state index is 0.0236. The van der Waals surface area contributed by atoms with Gasteiger partial charge in [-0.15, -0.1) is 0 Å². The molecule has 1 unspecified atom stereocenters. The first kappa shape index (κ1) is 12.2. The monoisotopic (exact) mass is 219 g/mol. The number of hydrogen-bond acceptors (Lipinski definition) is 3. The molecule has 0 aromatic heterocycles. The Balaban J connectivity index is 2.93. The molecule has 0 bridgehead atoms. The molecule has 16 heavy (non-hydrogen) atoms. The van der Waals surface area contributed by atoms with Crippen LogP contribution in [0.1, 0.15) is 31.1 Å². The van der Waals surface area contributed by atoms with E-state index >= 15 is 0 Å². The van der Waals surface area contributed by atoms with Crippen LogP contribution in [0.15, 0.2) is 24.3 Å². The third-order valence-electron chi connectivity index (χ3n) is 2.33. The summed E-state index contributed by atoms with van der Waals surface area (Å²) in [5.41, 5.74) is 6.88. The molecule has 1 rings (SSSR count). The number of carbonyl (C=O) groups excluding carboxylic acids is 1. The maximum absolute atomic E-state index is 10.3. The molecule has 0 heterocycles. The number of nitrogens with two attached hydrogens (primary N) is 1. The highest BCUT2D eigenvalue weighted by molar-refractivity contribution is 5.94. The second-order valence-corrected chi connectivity index (χ2v) is 3.90. The molecule has 4 nitrogen and oxygen atoms in total. The Kier molecular flexibility index (Phi) is 4.05. The fourth-order valence-electron chi connectivity index (χ4n) is 1.49. The van der Waals surface area contributed by atoms with E-state index in [1.165, 1.54) is 6.47 Å². The van der Waals surface area contributed by atoms with Crippen molar-refractivity contribution in [3.05, 3.63) is 35.4 Å². The molecule has 0 aliphatic carbocycles. The first-order chi connectivity index (χ1) is 7.56. The zero-order valence-electron chi connectivity index (χ0n) is 9.36. The van der Waals surface area contributed by atoms with Crippen LogP contribution in [0.2, 0.25) is 0 Å². The molecular weight excluding hydrogens is 204 g/mol. The average molecular weight is 219 g/mol. The molecule has 0 saturated carbocycles. The lowest BCUT2D eigenvalue weighted by atomic mass is 9.98. The lowest BCUT2D eigenvalue weighted by Gasteiger charge is -2.18. The number of nitrogen functional groups attached to an aromatic ring is 1. The summed E-state index contributed by atoms with van der Waals surface area (Å²) in [7, 11) is 0. The highest BCUT2D eigenvalue weighted by atomic mass is 16.5. The maximum atomic E-state index is 10.3. The smallest absolute Gasteiger partial charge is 0.418 e. The molecule has 0 spiro atoms. The average Bonchev–Trinajstić information content (AvgIpc) is 2.25. The molecule has 0 fully saturated rings. The van der Waals surface area contributed by atoms with Gasteiger partial charge in [0.1, 0.15) is 11.9 Å². The molecule has 3 N–H and O–H groups in total. The van der Waals surface area contributed by atoms with Crippen molar-refractivity contribution < 1.29 is 9.53 Å². The van der Waals surface area contributed by atoms with Crippen molar-refractivity contribution in [2.75, 3.05) is 0 Å². The number of hydrogen-bond donors (Lipinski definition) is 2. The molecule has 1 aromatic carbocycles. The largest absolute Gasteiger partial charge is 0.449 e. The van der Waals surface area contributed by atoms with E-state index in [1.807, 2.05) is 13.8 Å². The van der Waals surface area contributed by atoms with E-state index in [2.05, 4.69) is 0 Å². The fourth-order valence-corrected chi connectivity index (χ4v) is 1.49. The summed E-state index contributed by atoms with van der Waals surface area (Å²) in [5.74, 6) is 0.195. The van der Waals surface area contributed by atoms with Crippen molar-refractivity contribution in [2.24, 2.45) is 11.7 Å². The van der Waals surface area contributed by atoms with Gasteiger partial charge in [-0.2, -0.15) is 0 Å². The van der Waals surface area contributed by atoms with Crippen LogP contribution in [0.4, 0.5) is 0 Å². The lowest BCUT2D eigenvalue weighted by molar-refractivity contribution is 0.132. The number of benzene rings is 1. The standard InChI is InChI=1S/C12H15N2O2/c1-8(2)11(16-7-15)9-3-5-10(6-4-9)12(13)14/h3-6,8,11H,1-2H3,(H3,13,14). The van der Waals surface area contributed by atoms with Gasteiger partial charge in [0.05, 0.1) is 0 Å². The van der Waals surface area contributed by atoms with Gasteiger partial charge in [-0.05, 0) is 11.5 Å². The van der Waals surface area contributed by atoms with E-state index in [0.29, 0.717) is 5.56 Å². The van der Waals surface area contributed by atoms with E-state index in [-0.39, 0.29) is 17.9 Å². The molecule has 0 saturated heterocycles. The van der Waals surface area contributed by atoms with Gasteiger partial charge < -0.3 is 10.5 Å². The molecule has 1 atom stereocenters. The van der Waals surface area contributed by atoms with Crippen molar-refractivity contribution in [2.45, 2.75) is 20.0 Å². The minimum atomic E-state index is -0.307. The Morgan fingerprint density at radius 2 is 1.94 bits per heavy atom. The molecule has 1 aromatic rings. The van der Waals surface area contributed by atoms with E-state index < -0.39 is 0 Å². The Labute approximate surface area is 94.9 Å². The molecular formula is C12H15N2O2.